The Morgan fingerprint density at radius 3 is 1.39 bits per heavy atom. The van der Waals surface area contributed by atoms with E-state index in [2.05, 4.69) is 0 Å². The normalized spacial score (nSPS) is 17.9. The smallest absolute Gasteiger partial charge is 0.338 e. The lowest BCUT2D eigenvalue weighted by Crippen LogP contribution is -2.25. The van der Waals surface area contributed by atoms with Gasteiger partial charge in [-0.05, 0) is 40.5 Å². The fourth-order valence-corrected chi connectivity index (χ4v) is 4.81. The second-order valence-corrected chi connectivity index (χ2v) is 9.17. The molecule has 1 aliphatic heterocycles. The van der Waals surface area contributed by atoms with Gasteiger partial charge in [0.1, 0.15) is 30.9 Å². The van der Waals surface area contributed by atoms with Gasteiger partial charge in [0, 0.05) is 26.4 Å². The average Bonchev–Trinajstić information content (AvgIpc) is 3.54. The summed E-state index contributed by atoms with van der Waals surface area (Å²) in [5, 5.41) is 0. The van der Waals surface area contributed by atoms with Crippen molar-refractivity contribution in [1.82, 2.24) is 0 Å². The third kappa shape index (κ3) is 12.7. The summed E-state index contributed by atoms with van der Waals surface area (Å²) >= 11 is 0. The van der Waals surface area contributed by atoms with Gasteiger partial charge in [0.25, 0.3) is 0 Å². The fourth-order valence-electron chi connectivity index (χ4n) is 2.50. The predicted molar refractivity (Wildman–Crippen MR) is 115 cm³/mol. The predicted octanol–water partition coefficient (Wildman–Crippen LogP) is 1.58. The van der Waals surface area contributed by atoms with E-state index in [1.54, 1.807) is 0 Å². The number of carbonyl (C=O) groups excluding carboxylic acids is 2. The van der Waals surface area contributed by atoms with Gasteiger partial charge in [-0.25, -0.2) is 9.59 Å². The summed E-state index contributed by atoms with van der Waals surface area (Å²) in [6.45, 7) is 10.7. The lowest BCUT2D eigenvalue weighted by Gasteiger charge is -2.15. The zero-order valence-corrected chi connectivity index (χ0v) is 21.1. The van der Waals surface area contributed by atoms with E-state index in [1.807, 2.05) is 27.7 Å². The highest BCUT2D eigenvalue weighted by molar-refractivity contribution is 6.36. The first-order valence-corrected chi connectivity index (χ1v) is 13.6. The third-order valence-corrected chi connectivity index (χ3v) is 6.60. The molecule has 0 aromatic rings. The Morgan fingerprint density at radius 1 is 0.710 bits per heavy atom. The van der Waals surface area contributed by atoms with Crippen LogP contribution in [0.15, 0.2) is 0 Å². The van der Waals surface area contributed by atoms with Crippen LogP contribution in [0.3, 0.4) is 0 Å². The molecule has 1 rings (SSSR count). The molecule has 1 aliphatic rings. The molecule has 0 bridgehead atoms. The third-order valence-electron chi connectivity index (χ3n) is 3.98. The van der Waals surface area contributed by atoms with Gasteiger partial charge < -0.3 is 33.2 Å². The number of rotatable bonds is 20. The van der Waals surface area contributed by atoms with Crippen molar-refractivity contribution in [2.24, 2.45) is 0 Å². The number of hydrogen-bond acceptors (Lipinski definition) is 9. The molecular formula is C20H36O9Si2. The van der Waals surface area contributed by atoms with Crippen molar-refractivity contribution >= 4 is 31.0 Å². The summed E-state index contributed by atoms with van der Waals surface area (Å²) < 4.78 is 37.4. The highest BCUT2D eigenvalue weighted by Gasteiger charge is 2.52. The van der Waals surface area contributed by atoms with Gasteiger partial charge in [-0.2, -0.15) is 0 Å². The first-order chi connectivity index (χ1) is 15.1. The van der Waals surface area contributed by atoms with E-state index in [-0.39, 0.29) is 25.0 Å². The minimum atomic E-state index is -0.850. The van der Waals surface area contributed by atoms with E-state index < -0.39 is 24.1 Å². The van der Waals surface area contributed by atoms with Crippen LogP contribution in [0.25, 0.3) is 0 Å². The molecule has 0 aliphatic carbocycles. The Hall–Kier alpha value is -0.826. The highest BCUT2D eigenvalue weighted by Crippen LogP contribution is 2.25. The summed E-state index contributed by atoms with van der Waals surface area (Å²) in [7, 11) is 0.965. The zero-order chi connectivity index (χ0) is 22.9. The van der Waals surface area contributed by atoms with E-state index >= 15 is 0 Å². The Bertz CT molecular complexity index is 441. The van der Waals surface area contributed by atoms with Crippen LogP contribution in [0.5, 0.6) is 0 Å². The maximum absolute atomic E-state index is 12.0. The molecule has 0 aromatic heterocycles. The van der Waals surface area contributed by atoms with Crippen LogP contribution in [0.2, 0.25) is 12.1 Å². The lowest BCUT2D eigenvalue weighted by molar-refractivity contribution is -0.147. The van der Waals surface area contributed by atoms with Gasteiger partial charge in [0.2, 0.25) is 0 Å². The summed E-state index contributed by atoms with van der Waals surface area (Å²) in [5.74, 6) is -1.42. The zero-order valence-electron chi connectivity index (χ0n) is 19.1. The van der Waals surface area contributed by atoms with Gasteiger partial charge >= 0.3 is 11.9 Å². The van der Waals surface area contributed by atoms with Crippen LogP contribution in [-0.2, 0) is 42.7 Å². The van der Waals surface area contributed by atoms with E-state index in [4.69, 9.17) is 33.2 Å². The Kier molecular flexibility index (Phi) is 16.1. The van der Waals surface area contributed by atoms with Gasteiger partial charge in [-0.15, -0.1) is 0 Å². The minimum Gasteiger partial charge on any atom is -0.464 e. The van der Waals surface area contributed by atoms with Crippen LogP contribution in [-0.4, -0.2) is 94.7 Å². The number of esters is 2. The largest absolute Gasteiger partial charge is 0.464 e. The standard InChI is InChI=1S/C20H36O9Si2/c1-5-23-19(24-6-2)30-13-9-11-27-17(21)15-16(29-15)18(22)28-12-10-14-31-20(25-7-3)26-8-4/h15-16,19-20H,5-14H2,1-4H3. The number of epoxide rings is 1. The monoisotopic (exact) mass is 476 g/mol. The Balaban J connectivity index is 2.08. The number of ether oxygens (including phenoxy) is 7. The van der Waals surface area contributed by atoms with Crippen molar-refractivity contribution < 1.29 is 42.7 Å². The quantitative estimate of drug-likeness (QED) is 0.0852. The van der Waals surface area contributed by atoms with Crippen molar-refractivity contribution in [2.45, 2.75) is 76.7 Å². The molecule has 1 heterocycles. The molecule has 1 saturated heterocycles. The molecule has 178 valence electrons. The van der Waals surface area contributed by atoms with Gasteiger partial charge in [-0.3, -0.25) is 0 Å². The lowest BCUT2D eigenvalue weighted by atomic mass is 10.3. The van der Waals surface area contributed by atoms with Crippen LogP contribution in [0.1, 0.15) is 40.5 Å². The van der Waals surface area contributed by atoms with Crippen molar-refractivity contribution in [1.29, 1.82) is 0 Å². The van der Waals surface area contributed by atoms with E-state index in [0.29, 0.717) is 58.3 Å². The summed E-state index contributed by atoms with van der Waals surface area (Å²) in [4.78, 5) is 23.9. The maximum Gasteiger partial charge on any atom is 0.338 e. The number of carbonyl (C=O) groups is 2. The molecule has 1 fully saturated rings. The minimum absolute atomic E-state index is 0.193. The van der Waals surface area contributed by atoms with Crippen LogP contribution in [0, 0.1) is 0 Å². The van der Waals surface area contributed by atoms with Gasteiger partial charge in [0.05, 0.1) is 13.2 Å². The van der Waals surface area contributed by atoms with E-state index in [1.165, 1.54) is 0 Å². The molecule has 2 atom stereocenters. The summed E-state index contributed by atoms with van der Waals surface area (Å²) in [6, 6.07) is 1.67. The first-order valence-electron chi connectivity index (χ1n) is 11.0. The number of hydrogen-bond donors (Lipinski definition) is 0. The molecule has 4 radical (unpaired) electrons. The van der Waals surface area contributed by atoms with Crippen molar-refractivity contribution in [3.8, 4) is 0 Å². The molecule has 11 heteroatoms. The molecule has 0 amide bonds. The van der Waals surface area contributed by atoms with Crippen molar-refractivity contribution in [3.05, 3.63) is 0 Å². The molecule has 2 unspecified atom stereocenters. The molecular weight excluding hydrogens is 440 g/mol. The van der Waals surface area contributed by atoms with Crippen LogP contribution >= 0.6 is 0 Å². The topological polar surface area (TPSA) is 102 Å². The fraction of sp³-hybridized carbons (Fsp3) is 0.900. The van der Waals surface area contributed by atoms with Gasteiger partial charge in [0.15, 0.2) is 12.2 Å². The average molecular weight is 477 g/mol. The van der Waals surface area contributed by atoms with Crippen molar-refractivity contribution in [2.75, 3.05) is 39.6 Å². The SMILES string of the molecule is CCOC(OCC)[Si]CCCOC(=O)C1OC1C(=O)OCCC[Si]C(OCC)OCC. The van der Waals surface area contributed by atoms with E-state index in [9.17, 15) is 9.59 Å². The van der Waals surface area contributed by atoms with Crippen molar-refractivity contribution in [3.63, 3.8) is 0 Å². The highest BCUT2D eigenvalue weighted by atomic mass is 28.2. The second-order valence-electron chi connectivity index (χ2n) is 6.41. The molecule has 9 nitrogen and oxygen atoms in total. The molecule has 0 N–H and O–H groups in total. The second kappa shape index (κ2) is 17.7. The molecule has 0 spiro atoms. The Labute approximate surface area is 190 Å². The van der Waals surface area contributed by atoms with Crippen LogP contribution < -0.4 is 0 Å². The molecule has 0 saturated carbocycles. The first kappa shape index (κ1) is 28.2. The van der Waals surface area contributed by atoms with E-state index in [0.717, 1.165) is 12.1 Å². The molecule has 0 aromatic carbocycles. The van der Waals surface area contributed by atoms with Gasteiger partial charge in [-0.1, -0.05) is 12.1 Å². The molecule has 31 heavy (non-hydrogen) atoms. The maximum atomic E-state index is 12.0. The van der Waals surface area contributed by atoms with Crippen LogP contribution in [0.4, 0.5) is 0 Å². The Morgan fingerprint density at radius 2 is 1.06 bits per heavy atom. The summed E-state index contributed by atoms with van der Waals surface area (Å²) in [6.07, 6.45) is -0.296. The summed E-state index contributed by atoms with van der Waals surface area (Å²) in [5.41, 5.74) is 0.